The van der Waals surface area contributed by atoms with Crippen LogP contribution in [-0.2, 0) is 27.0 Å². The van der Waals surface area contributed by atoms with Gasteiger partial charge in [0.1, 0.15) is 0 Å². The molecule has 1 aromatic heterocycles. The number of fused-ring (bicyclic) bond motifs is 1. The standard InChI is InChI=1S/C26H29N3O3S2/c30-25(27-14-16-29(17-15-27)34(31,32)20-21-7-3-1-4-8-21)19-28-13-11-24-23(12-18-33-24)26(28)22-9-5-2-6-10-22/h1-10,12,18,26H,11,13-17,19-20H2. The van der Waals surface area contributed by atoms with E-state index in [0.29, 0.717) is 32.7 Å². The molecule has 0 N–H and O–H groups in total. The van der Waals surface area contributed by atoms with Crippen LogP contribution >= 0.6 is 11.3 Å². The zero-order chi connectivity index (χ0) is 23.5. The Kier molecular flexibility index (Phi) is 6.83. The second kappa shape index (κ2) is 10.00. The topological polar surface area (TPSA) is 60.9 Å². The molecular weight excluding hydrogens is 466 g/mol. The SMILES string of the molecule is O=C(CN1CCc2sccc2C1c1ccccc1)N1CCN(S(=O)(=O)Cc2ccccc2)CC1. The van der Waals surface area contributed by atoms with Crippen molar-refractivity contribution in [3.63, 3.8) is 0 Å². The van der Waals surface area contributed by atoms with Crippen LogP contribution < -0.4 is 0 Å². The van der Waals surface area contributed by atoms with E-state index in [1.54, 1.807) is 11.3 Å². The fourth-order valence-electron chi connectivity index (χ4n) is 4.93. The minimum atomic E-state index is -3.40. The van der Waals surface area contributed by atoms with E-state index >= 15 is 0 Å². The summed E-state index contributed by atoms with van der Waals surface area (Å²) >= 11 is 1.79. The maximum atomic E-state index is 13.3. The summed E-state index contributed by atoms with van der Waals surface area (Å²) in [6.07, 6.45) is 0.953. The normalized spacial score (nSPS) is 19.6. The van der Waals surface area contributed by atoms with Gasteiger partial charge in [-0.1, -0.05) is 60.7 Å². The van der Waals surface area contributed by atoms with Crippen LogP contribution in [0, 0.1) is 0 Å². The number of nitrogens with zero attached hydrogens (tertiary/aromatic N) is 3. The predicted octanol–water partition coefficient (Wildman–Crippen LogP) is 3.37. The Morgan fingerprint density at radius 2 is 1.56 bits per heavy atom. The minimum absolute atomic E-state index is 0.00268. The van der Waals surface area contributed by atoms with Gasteiger partial charge in [-0.15, -0.1) is 11.3 Å². The summed E-state index contributed by atoms with van der Waals surface area (Å²) in [4.78, 5) is 18.7. The number of sulfonamides is 1. The summed E-state index contributed by atoms with van der Waals surface area (Å²) in [6, 6.07) is 21.9. The first-order valence-corrected chi connectivity index (χ1v) is 14.1. The van der Waals surface area contributed by atoms with E-state index in [-0.39, 0.29) is 17.7 Å². The Balaban J connectivity index is 1.23. The number of carbonyl (C=O) groups excluding carboxylic acids is 1. The summed E-state index contributed by atoms with van der Waals surface area (Å²) in [5, 5.41) is 2.14. The summed E-state index contributed by atoms with van der Waals surface area (Å²) in [5.41, 5.74) is 3.28. The van der Waals surface area contributed by atoms with Crippen molar-refractivity contribution < 1.29 is 13.2 Å². The van der Waals surface area contributed by atoms with Gasteiger partial charge in [0.15, 0.2) is 0 Å². The van der Waals surface area contributed by atoms with Crippen molar-refractivity contribution in [3.05, 3.63) is 93.7 Å². The molecule has 0 aliphatic carbocycles. The van der Waals surface area contributed by atoms with E-state index in [1.807, 2.05) is 53.4 Å². The van der Waals surface area contributed by atoms with E-state index in [9.17, 15) is 13.2 Å². The molecule has 34 heavy (non-hydrogen) atoms. The Bertz CT molecular complexity index is 1220. The second-order valence-electron chi connectivity index (χ2n) is 8.85. The summed E-state index contributed by atoms with van der Waals surface area (Å²) in [5.74, 6) is 0.0665. The lowest BCUT2D eigenvalue weighted by Crippen LogP contribution is -2.53. The van der Waals surface area contributed by atoms with Gasteiger partial charge in [0.2, 0.25) is 15.9 Å². The zero-order valence-corrected chi connectivity index (χ0v) is 20.7. The smallest absolute Gasteiger partial charge is 0.236 e. The molecule has 2 aromatic carbocycles. The van der Waals surface area contributed by atoms with Crippen LogP contribution in [0.3, 0.4) is 0 Å². The number of rotatable bonds is 6. The molecule has 2 aliphatic rings. The van der Waals surface area contributed by atoms with Crippen molar-refractivity contribution in [2.75, 3.05) is 39.3 Å². The van der Waals surface area contributed by atoms with Crippen LogP contribution in [0.1, 0.15) is 27.6 Å². The molecule has 0 bridgehead atoms. The highest BCUT2D eigenvalue weighted by Crippen LogP contribution is 2.37. The molecule has 3 aromatic rings. The molecule has 0 radical (unpaired) electrons. The maximum Gasteiger partial charge on any atom is 0.236 e. The third-order valence-corrected chi connectivity index (χ3v) is 9.54. The van der Waals surface area contributed by atoms with Crippen LogP contribution in [0.5, 0.6) is 0 Å². The number of amides is 1. The molecule has 1 saturated heterocycles. The molecule has 6 nitrogen and oxygen atoms in total. The van der Waals surface area contributed by atoms with Gasteiger partial charge in [-0.2, -0.15) is 4.31 Å². The Hall–Kier alpha value is -2.52. The predicted molar refractivity (Wildman–Crippen MR) is 135 cm³/mol. The maximum absolute atomic E-state index is 13.3. The van der Waals surface area contributed by atoms with E-state index < -0.39 is 10.0 Å². The number of hydrogen-bond acceptors (Lipinski definition) is 5. The molecule has 1 fully saturated rings. The highest BCUT2D eigenvalue weighted by molar-refractivity contribution is 7.88. The highest BCUT2D eigenvalue weighted by atomic mass is 32.2. The van der Waals surface area contributed by atoms with Gasteiger partial charge in [0, 0.05) is 37.6 Å². The average molecular weight is 496 g/mol. The molecule has 178 valence electrons. The third kappa shape index (κ3) is 4.95. The van der Waals surface area contributed by atoms with Crippen LogP contribution in [0.15, 0.2) is 72.1 Å². The second-order valence-corrected chi connectivity index (χ2v) is 11.8. The molecule has 2 aliphatic heterocycles. The van der Waals surface area contributed by atoms with Crippen molar-refractivity contribution in [3.8, 4) is 0 Å². The van der Waals surface area contributed by atoms with Gasteiger partial charge in [-0.05, 0) is 34.6 Å². The van der Waals surface area contributed by atoms with Crippen molar-refractivity contribution in [1.29, 1.82) is 0 Å². The fourth-order valence-corrected chi connectivity index (χ4v) is 7.35. The minimum Gasteiger partial charge on any atom is -0.339 e. The average Bonchev–Trinajstić information content (AvgIpc) is 3.34. The lowest BCUT2D eigenvalue weighted by atomic mass is 9.93. The Labute approximate surface area is 205 Å². The number of thiophene rings is 1. The first-order chi connectivity index (χ1) is 16.5. The van der Waals surface area contributed by atoms with Crippen LogP contribution in [-0.4, -0.2) is 67.7 Å². The van der Waals surface area contributed by atoms with Crippen LogP contribution in [0.2, 0.25) is 0 Å². The van der Waals surface area contributed by atoms with Crippen molar-refractivity contribution in [2.24, 2.45) is 0 Å². The molecule has 8 heteroatoms. The van der Waals surface area contributed by atoms with Gasteiger partial charge in [-0.25, -0.2) is 8.42 Å². The van der Waals surface area contributed by atoms with E-state index in [1.165, 1.54) is 20.3 Å². The molecule has 3 heterocycles. The molecule has 0 spiro atoms. The van der Waals surface area contributed by atoms with Crippen molar-refractivity contribution >= 4 is 27.3 Å². The zero-order valence-electron chi connectivity index (χ0n) is 19.0. The van der Waals surface area contributed by atoms with Gasteiger partial charge in [0.25, 0.3) is 0 Å². The van der Waals surface area contributed by atoms with Gasteiger partial charge in [0.05, 0.1) is 18.3 Å². The van der Waals surface area contributed by atoms with Gasteiger partial charge < -0.3 is 4.90 Å². The van der Waals surface area contributed by atoms with E-state index in [4.69, 9.17) is 0 Å². The molecule has 0 saturated carbocycles. The number of hydrogen-bond donors (Lipinski definition) is 0. The van der Waals surface area contributed by atoms with Gasteiger partial charge >= 0.3 is 0 Å². The lowest BCUT2D eigenvalue weighted by Gasteiger charge is -2.39. The largest absolute Gasteiger partial charge is 0.339 e. The molecule has 1 unspecified atom stereocenters. The summed E-state index contributed by atoms with van der Waals surface area (Å²) in [6.45, 7) is 2.73. The van der Waals surface area contributed by atoms with Crippen molar-refractivity contribution in [2.45, 2.75) is 18.2 Å². The Morgan fingerprint density at radius 3 is 2.26 bits per heavy atom. The van der Waals surface area contributed by atoms with E-state index in [2.05, 4.69) is 28.5 Å². The molecule has 5 rings (SSSR count). The lowest BCUT2D eigenvalue weighted by molar-refractivity contribution is -0.134. The van der Waals surface area contributed by atoms with Gasteiger partial charge in [-0.3, -0.25) is 9.69 Å². The summed E-state index contributed by atoms with van der Waals surface area (Å²) in [7, 11) is -3.40. The molecule has 1 amide bonds. The quantitative estimate of drug-likeness (QED) is 0.526. The van der Waals surface area contributed by atoms with Crippen molar-refractivity contribution in [1.82, 2.24) is 14.1 Å². The summed E-state index contributed by atoms with van der Waals surface area (Å²) < 4.78 is 27.2. The number of carbonyl (C=O) groups is 1. The van der Waals surface area contributed by atoms with Crippen LogP contribution in [0.25, 0.3) is 0 Å². The highest BCUT2D eigenvalue weighted by Gasteiger charge is 2.33. The third-order valence-electron chi connectivity index (χ3n) is 6.70. The van der Waals surface area contributed by atoms with Crippen LogP contribution in [0.4, 0.5) is 0 Å². The first kappa shape index (κ1) is 23.2. The fraction of sp³-hybridized carbons (Fsp3) is 0.346. The monoisotopic (exact) mass is 495 g/mol. The number of benzene rings is 2. The number of piperazine rings is 1. The first-order valence-electron chi connectivity index (χ1n) is 11.7. The van der Waals surface area contributed by atoms with E-state index in [0.717, 1.165) is 18.5 Å². The molecular formula is C26H29N3O3S2. The molecule has 1 atom stereocenters. The Morgan fingerprint density at radius 1 is 0.882 bits per heavy atom.